The van der Waals surface area contributed by atoms with Crippen LogP contribution in [-0.4, -0.2) is 18.2 Å². The van der Waals surface area contributed by atoms with E-state index in [1.165, 1.54) is 37.4 Å². The first-order valence-electron chi connectivity index (χ1n) is 6.32. The number of halogens is 2. The van der Waals surface area contributed by atoms with E-state index in [0.29, 0.717) is 5.75 Å². The Balaban J connectivity index is 2.34. The first-order valence-corrected chi connectivity index (χ1v) is 6.32. The number of carbonyl (C=O) groups is 1. The molecule has 0 aliphatic carbocycles. The molecule has 0 amide bonds. The monoisotopic (exact) mass is 292 g/mol. The molecule has 1 unspecified atom stereocenters. The lowest BCUT2D eigenvalue weighted by molar-refractivity contribution is -0.138. The van der Waals surface area contributed by atoms with E-state index in [1.54, 1.807) is 12.1 Å². The maximum Gasteiger partial charge on any atom is 0.311 e. The number of aliphatic carboxylic acids is 1. The molecule has 2 aromatic rings. The molecule has 0 radical (unpaired) electrons. The van der Waals surface area contributed by atoms with Crippen molar-refractivity contribution in [3.63, 3.8) is 0 Å². The molecule has 1 atom stereocenters. The number of ether oxygens (including phenoxy) is 1. The van der Waals surface area contributed by atoms with Gasteiger partial charge in [0.25, 0.3) is 0 Å². The van der Waals surface area contributed by atoms with Gasteiger partial charge in [0.2, 0.25) is 0 Å². The summed E-state index contributed by atoms with van der Waals surface area (Å²) in [7, 11) is 1.41. The molecule has 0 spiro atoms. The van der Waals surface area contributed by atoms with Gasteiger partial charge in [-0.15, -0.1) is 0 Å². The Bertz CT molecular complexity index is 656. The van der Waals surface area contributed by atoms with E-state index in [2.05, 4.69) is 0 Å². The first-order chi connectivity index (χ1) is 10.0. The van der Waals surface area contributed by atoms with Gasteiger partial charge in [-0.2, -0.15) is 0 Å². The van der Waals surface area contributed by atoms with Crippen molar-refractivity contribution in [3.8, 4) is 5.75 Å². The molecule has 0 fully saturated rings. The highest BCUT2D eigenvalue weighted by Crippen LogP contribution is 2.26. The second kappa shape index (κ2) is 6.35. The second-order valence-corrected chi connectivity index (χ2v) is 4.57. The van der Waals surface area contributed by atoms with Crippen LogP contribution in [0.3, 0.4) is 0 Å². The third-order valence-corrected chi connectivity index (χ3v) is 3.26. The van der Waals surface area contributed by atoms with Gasteiger partial charge in [0.15, 0.2) is 0 Å². The molecule has 0 aliphatic heterocycles. The molecule has 0 saturated heterocycles. The topological polar surface area (TPSA) is 46.5 Å². The maximum atomic E-state index is 13.9. The van der Waals surface area contributed by atoms with Crippen LogP contribution in [0, 0.1) is 11.6 Å². The van der Waals surface area contributed by atoms with Crippen molar-refractivity contribution in [3.05, 3.63) is 65.2 Å². The Morgan fingerprint density at radius 2 is 1.90 bits per heavy atom. The zero-order valence-corrected chi connectivity index (χ0v) is 11.3. The van der Waals surface area contributed by atoms with Crippen LogP contribution in [-0.2, 0) is 11.2 Å². The van der Waals surface area contributed by atoms with E-state index in [9.17, 15) is 18.7 Å². The van der Waals surface area contributed by atoms with Gasteiger partial charge in [-0.1, -0.05) is 24.3 Å². The van der Waals surface area contributed by atoms with Gasteiger partial charge in [0.05, 0.1) is 13.0 Å². The van der Waals surface area contributed by atoms with Crippen molar-refractivity contribution < 1.29 is 23.4 Å². The van der Waals surface area contributed by atoms with Crippen molar-refractivity contribution in [2.45, 2.75) is 12.3 Å². The van der Waals surface area contributed by atoms with Crippen molar-refractivity contribution in [2.24, 2.45) is 0 Å². The largest absolute Gasteiger partial charge is 0.497 e. The predicted octanol–water partition coefficient (Wildman–Crippen LogP) is 3.38. The van der Waals surface area contributed by atoms with Crippen LogP contribution in [0.1, 0.15) is 17.0 Å². The highest BCUT2D eigenvalue weighted by molar-refractivity contribution is 5.76. The minimum Gasteiger partial charge on any atom is -0.497 e. The van der Waals surface area contributed by atoms with E-state index in [0.717, 1.165) is 0 Å². The summed E-state index contributed by atoms with van der Waals surface area (Å²) in [5.74, 6) is -3.19. The molecular formula is C16H14F2O3. The molecule has 0 aromatic heterocycles. The van der Waals surface area contributed by atoms with Gasteiger partial charge in [0, 0.05) is 11.6 Å². The summed E-state index contributed by atoms with van der Waals surface area (Å²) in [5, 5.41) is 9.29. The molecule has 3 nitrogen and oxygen atoms in total. The van der Waals surface area contributed by atoms with Crippen LogP contribution in [0.4, 0.5) is 8.78 Å². The standard InChI is InChI=1S/C16H14F2O3/c1-21-11-7-6-10(15(18)9-11)8-13(16(19)20)12-4-2-3-5-14(12)17/h2-7,9,13H,8H2,1H3,(H,19,20). The summed E-state index contributed by atoms with van der Waals surface area (Å²) in [6.07, 6.45) is -0.133. The van der Waals surface area contributed by atoms with Gasteiger partial charge in [-0.05, 0) is 24.1 Å². The Kier molecular flexibility index (Phi) is 4.52. The molecule has 1 N–H and O–H groups in total. The molecule has 2 rings (SSSR count). The lowest BCUT2D eigenvalue weighted by Gasteiger charge is -2.14. The van der Waals surface area contributed by atoms with Crippen LogP contribution in [0.15, 0.2) is 42.5 Å². The zero-order valence-electron chi connectivity index (χ0n) is 11.3. The van der Waals surface area contributed by atoms with Gasteiger partial charge >= 0.3 is 5.97 Å². The minimum atomic E-state index is -1.20. The number of rotatable bonds is 5. The van der Waals surface area contributed by atoms with E-state index in [-0.39, 0.29) is 17.5 Å². The normalized spacial score (nSPS) is 12.0. The Morgan fingerprint density at radius 1 is 1.19 bits per heavy atom. The summed E-state index contributed by atoms with van der Waals surface area (Å²) < 4.78 is 32.5. The third-order valence-electron chi connectivity index (χ3n) is 3.26. The Morgan fingerprint density at radius 3 is 2.48 bits per heavy atom. The van der Waals surface area contributed by atoms with Gasteiger partial charge < -0.3 is 9.84 Å². The van der Waals surface area contributed by atoms with Crippen LogP contribution in [0.2, 0.25) is 0 Å². The molecule has 5 heteroatoms. The molecule has 0 aliphatic rings. The average Bonchev–Trinajstić information content (AvgIpc) is 2.46. The van der Waals surface area contributed by atoms with Crippen molar-refractivity contribution in [1.82, 2.24) is 0 Å². The third kappa shape index (κ3) is 3.37. The fourth-order valence-electron chi connectivity index (χ4n) is 2.13. The highest BCUT2D eigenvalue weighted by atomic mass is 19.1. The summed E-state index contributed by atoms with van der Waals surface area (Å²) >= 11 is 0. The van der Waals surface area contributed by atoms with Gasteiger partial charge in [-0.3, -0.25) is 4.79 Å². The summed E-state index contributed by atoms with van der Waals surface area (Å²) in [4.78, 5) is 11.4. The molecule has 0 bridgehead atoms. The number of carboxylic acids is 1. The molecule has 110 valence electrons. The molecular weight excluding hydrogens is 278 g/mol. The molecule has 2 aromatic carbocycles. The summed E-state index contributed by atoms with van der Waals surface area (Å²) in [6.45, 7) is 0. The smallest absolute Gasteiger partial charge is 0.311 e. The van der Waals surface area contributed by atoms with Crippen molar-refractivity contribution >= 4 is 5.97 Å². The number of benzene rings is 2. The number of methoxy groups -OCH3 is 1. The van der Waals surface area contributed by atoms with Crippen LogP contribution >= 0.6 is 0 Å². The summed E-state index contributed by atoms with van der Waals surface area (Å²) in [6, 6.07) is 9.79. The fourth-order valence-corrected chi connectivity index (χ4v) is 2.13. The number of hydrogen-bond donors (Lipinski definition) is 1. The van der Waals surface area contributed by atoms with Crippen LogP contribution in [0.25, 0.3) is 0 Å². The predicted molar refractivity (Wildman–Crippen MR) is 73.4 cm³/mol. The lowest BCUT2D eigenvalue weighted by Crippen LogP contribution is -2.16. The SMILES string of the molecule is COc1ccc(CC(C(=O)O)c2ccccc2F)c(F)c1. The molecule has 21 heavy (non-hydrogen) atoms. The van der Waals surface area contributed by atoms with Crippen molar-refractivity contribution in [2.75, 3.05) is 7.11 Å². The Labute approximate surface area is 120 Å². The van der Waals surface area contributed by atoms with E-state index in [1.807, 2.05) is 0 Å². The van der Waals surface area contributed by atoms with E-state index in [4.69, 9.17) is 4.74 Å². The lowest BCUT2D eigenvalue weighted by atomic mass is 9.91. The van der Waals surface area contributed by atoms with Gasteiger partial charge in [-0.25, -0.2) is 8.78 Å². The van der Waals surface area contributed by atoms with Gasteiger partial charge in [0.1, 0.15) is 17.4 Å². The quantitative estimate of drug-likeness (QED) is 0.919. The first kappa shape index (κ1) is 15.0. The number of hydrogen-bond acceptors (Lipinski definition) is 2. The number of carboxylic acid groups (broad SMARTS) is 1. The Hall–Kier alpha value is -2.43. The van der Waals surface area contributed by atoms with Crippen LogP contribution in [0.5, 0.6) is 5.75 Å². The van der Waals surface area contributed by atoms with E-state index >= 15 is 0 Å². The zero-order chi connectivity index (χ0) is 15.4. The minimum absolute atomic E-state index is 0.0419. The summed E-state index contributed by atoms with van der Waals surface area (Å²) in [5.41, 5.74) is 0.242. The molecule has 0 saturated carbocycles. The maximum absolute atomic E-state index is 13.9. The highest BCUT2D eigenvalue weighted by Gasteiger charge is 2.24. The van der Waals surface area contributed by atoms with Crippen LogP contribution < -0.4 is 4.74 Å². The van der Waals surface area contributed by atoms with E-state index < -0.39 is 23.5 Å². The fraction of sp³-hybridized carbons (Fsp3) is 0.188. The second-order valence-electron chi connectivity index (χ2n) is 4.57. The van der Waals surface area contributed by atoms with Crippen molar-refractivity contribution in [1.29, 1.82) is 0 Å². The molecule has 0 heterocycles. The average molecular weight is 292 g/mol.